The van der Waals surface area contributed by atoms with Crippen molar-refractivity contribution in [3.8, 4) is 6.07 Å². The van der Waals surface area contributed by atoms with Crippen LogP contribution in [0.2, 0.25) is 0 Å². The van der Waals surface area contributed by atoms with E-state index in [0.29, 0.717) is 5.69 Å². The summed E-state index contributed by atoms with van der Waals surface area (Å²) in [4.78, 5) is 10.9. The van der Waals surface area contributed by atoms with Gasteiger partial charge in [0.15, 0.2) is 0 Å². The molecule has 1 atom stereocenters. The van der Waals surface area contributed by atoms with Crippen molar-refractivity contribution in [1.29, 1.82) is 5.26 Å². The number of hydrogen-bond acceptors (Lipinski definition) is 5. The number of hydrogen-bond donors (Lipinski definition) is 1. The molecule has 3 rings (SSSR count). The normalized spacial score (nSPS) is 19.7. The molecule has 19 heavy (non-hydrogen) atoms. The van der Waals surface area contributed by atoms with Crippen molar-refractivity contribution in [2.45, 2.75) is 6.04 Å². The molecule has 1 aromatic heterocycles. The molecule has 0 radical (unpaired) electrons. The average Bonchev–Trinajstić information content (AvgIpc) is 2.48. The molecule has 94 valence electrons. The molecule has 5 heteroatoms. The number of nitrogens with one attached hydrogen (secondary N) is 1. The molecule has 1 unspecified atom stereocenters. The Hall–Kier alpha value is -2.61. The summed E-state index contributed by atoms with van der Waals surface area (Å²) in [6.45, 7) is 1.55. The van der Waals surface area contributed by atoms with Gasteiger partial charge in [0.05, 0.1) is 12.4 Å². The minimum absolute atomic E-state index is 0.119. The highest BCUT2D eigenvalue weighted by atomic mass is 15.2. The van der Waals surface area contributed by atoms with Crippen LogP contribution in [0.3, 0.4) is 0 Å². The standard InChI is InChI=1S/C14H13N5/c15-8-12-4-3-11-2-1-7-19(14(11)18-12)9-13-5-6-16-10-17-13/h1-6,10,13H,7,9H2,(H,16,17). The van der Waals surface area contributed by atoms with Crippen LogP contribution >= 0.6 is 0 Å². The van der Waals surface area contributed by atoms with Crippen molar-refractivity contribution in [2.75, 3.05) is 18.0 Å². The molecule has 0 bridgehead atoms. The monoisotopic (exact) mass is 251 g/mol. The van der Waals surface area contributed by atoms with Crippen molar-refractivity contribution >= 4 is 18.2 Å². The maximum Gasteiger partial charge on any atom is 0.142 e. The first kappa shape index (κ1) is 11.5. The molecular weight excluding hydrogens is 238 g/mol. The highest BCUT2D eigenvalue weighted by molar-refractivity contribution is 5.68. The molecule has 0 spiro atoms. The molecule has 0 amide bonds. The van der Waals surface area contributed by atoms with Gasteiger partial charge in [0.25, 0.3) is 0 Å². The summed E-state index contributed by atoms with van der Waals surface area (Å²) in [5, 5.41) is 11.9. The van der Waals surface area contributed by atoms with E-state index in [1.807, 2.05) is 24.4 Å². The number of rotatable bonds is 2. The Kier molecular flexibility index (Phi) is 2.99. The third-order valence-corrected chi connectivity index (χ3v) is 3.11. The summed E-state index contributed by atoms with van der Waals surface area (Å²) in [6.07, 6.45) is 9.75. The van der Waals surface area contributed by atoms with E-state index in [2.05, 4.69) is 32.3 Å². The summed E-state index contributed by atoms with van der Waals surface area (Å²) < 4.78 is 0. The van der Waals surface area contributed by atoms with Crippen LogP contribution in [-0.4, -0.2) is 30.5 Å². The molecule has 3 heterocycles. The SMILES string of the molecule is N#Cc1ccc2c(n1)N(CC1C=CNC=N1)CC=C2. The van der Waals surface area contributed by atoms with Crippen molar-refractivity contribution in [3.05, 3.63) is 41.7 Å². The number of aromatic nitrogens is 1. The minimum atomic E-state index is 0.119. The molecule has 0 aliphatic carbocycles. The van der Waals surface area contributed by atoms with Crippen LogP contribution in [0.15, 0.2) is 35.5 Å². The molecule has 0 aromatic carbocycles. The fraction of sp³-hybridized carbons (Fsp3) is 0.214. The molecule has 1 aromatic rings. The van der Waals surface area contributed by atoms with Crippen LogP contribution in [0.1, 0.15) is 11.3 Å². The van der Waals surface area contributed by atoms with E-state index in [9.17, 15) is 0 Å². The van der Waals surface area contributed by atoms with Gasteiger partial charge in [-0.05, 0) is 18.2 Å². The Morgan fingerprint density at radius 1 is 1.47 bits per heavy atom. The fourth-order valence-electron chi connectivity index (χ4n) is 2.19. The van der Waals surface area contributed by atoms with Gasteiger partial charge in [0.2, 0.25) is 0 Å². The van der Waals surface area contributed by atoms with Gasteiger partial charge in [-0.2, -0.15) is 5.26 Å². The summed E-state index contributed by atoms with van der Waals surface area (Å²) in [5.74, 6) is 0.865. The van der Waals surface area contributed by atoms with Gasteiger partial charge in [-0.25, -0.2) is 4.98 Å². The maximum atomic E-state index is 8.95. The van der Waals surface area contributed by atoms with E-state index in [1.54, 1.807) is 12.4 Å². The largest absolute Gasteiger partial charge is 0.353 e. The van der Waals surface area contributed by atoms with E-state index < -0.39 is 0 Å². The number of aliphatic imine (C=N–C) groups is 1. The molecule has 0 saturated heterocycles. The Labute approximate surface area is 111 Å². The van der Waals surface area contributed by atoms with Crippen LogP contribution in [0.5, 0.6) is 0 Å². The molecule has 1 N–H and O–H groups in total. The number of anilines is 1. The Morgan fingerprint density at radius 2 is 2.42 bits per heavy atom. The lowest BCUT2D eigenvalue weighted by Crippen LogP contribution is -2.35. The van der Waals surface area contributed by atoms with Crippen LogP contribution in [0.4, 0.5) is 5.82 Å². The van der Waals surface area contributed by atoms with Crippen molar-refractivity contribution in [2.24, 2.45) is 4.99 Å². The van der Waals surface area contributed by atoms with Crippen molar-refractivity contribution in [3.63, 3.8) is 0 Å². The lowest BCUT2D eigenvalue weighted by molar-refractivity contribution is 0.732. The van der Waals surface area contributed by atoms with Gasteiger partial charge in [-0.15, -0.1) is 0 Å². The smallest absolute Gasteiger partial charge is 0.142 e. The highest BCUT2D eigenvalue weighted by Crippen LogP contribution is 2.24. The predicted molar refractivity (Wildman–Crippen MR) is 74.8 cm³/mol. The first-order valence-corrected chi connectivity index (χ1v) is 6.14. The van der Waals surface area contributed by atoms with E-state index in [4.69, 9.17) is 5.26 Å². The topological polar surface area (TPSA) is 64.3 Å². The van der Waals surface area contributed by atoms with Crippen LogP contribution < -0.4 is 10.2 Å². The van der Waals surface area contributed by atoms with Gasteiger partial charge in [0.1, 0.15) is 17.6 Å². The summed E-state index contributed by atoms with van der Waals surface area (Å²) in [7, 11) is 0. The first-order chi connectivity index (χ1) is 9.36. The van der Waals surface area contributed by atoms with E-state index in [-0.39, 0.29) is 6.04 Å². The zero-order chi connectivity index (χ0) is 13.1. The molecule has 0 fully saturated rings. The van der Waals surface area contributed by atoms with E-state index in [1.165, 1.54) is 0 Å². The van der Waals surface area contributed by atoms with Crippen LogP contribution in [0.25, 0.3) is 6.08 Å². The lowest BCUT2D eigenvalue weighted by Gasteiger charge is -2.29. The van der Waals surface area contributed by atoms with Crippen molar-refractivity contribution in [1.82, 2.24) is 10.3 Å². The molecule has 2 aliphatic heterocycles. The molecule has 5 nitrogen and oxygen atoms in total. The first-order valence-electron chi connectivity index (χ1n) is 6.14. The number of pyridine rings is 1. The Bertz CT molecular complexity index is 597. The second-order valence-corrected chi connectivity index (χ2v) is 4.40. The fourth-order valence-corrected chi connectivity index (χ4v) is 2.19. The molecule has 2 aliphatic rings. The van der Waals surface area contributed by atoms with Crippen LogP contribution in [-0.2, 0) is 0 Å². The van der Waals surface area contributed by atoms with Crippen molar-refractivity contribution < 1.29 is 0 Å². The van der Waals surface area contributed by atoms with Gasteiger partial charge in [-0.1, -0.05) is 12.2 Å². The molecular formula is C14H13N5. The van der Waals surface area contributed by atoms with E-state index >= 15 is 0 Å². The predicted octanol–water partition coefficient (Wildman–Crippen LogP) is 1.30. The lowest BCUT2D eigenvalue weighted by atomic mass is 10.1. The Morgan fingerprint density at radius 3 is 3.21 bits per heavy atom. The second kappa shape index (κ2) is 4.94. The zero-order valence-electron chi connectivity index (χ0n) is 10.3. The number of nitriles is 1. The van der Waals surface area contributed by atoms with E-state index in [0.717, 1.165) is 24.5 Å². The van der Waals surface area contributed by atoms with Gasteiger partial charge in [0, 0.05) is 24.9 Å². The summed E-state index contributed by atoms with van der Waals surface area (Å²) >= 11 is 0. The Balaban J connectivity index is 1.87. The molecule has 0 saturated carbocycles. The summed E-state index contributed by atoms with van der Waals surface area (Å²) in [6, 6.07) is 5.89. The van der Waals surface area contributed by atoms with Crippen LogP contribution in [0, 0.1) is 11.3 Å². The third kappa shape index (κ3) is 2.33. The van der Waals surface area contributed by atoms with Gasteiger partial charge >= 0.3 is 0 Å². The number of fused-ring (bicyclic) bond motifs is 1. The minimum Gasteiger partial charge on any atom is -0.353 e. The average molecular weight is 251 g/mol. The second-order valence-electron chi connectivity index (χ2n) is 4.40. The zero-order valence-corrected chi connectivity index (χ0v) is 10.3. The quantitative estimate of drug-likeness (QED) is 0.860. The van der Waals surface area contributed by atoms with Gasteiger partial charge < -0.3 is 10.2 Å². The highest BCUT2D eigenvalue weighted by Gasteiger charge is 2.18. The maximum absolute atomic E-state index is 8.95. The number of nitrogens with zero attached hydrogens (tertiary/aromatic N) is 4. The third-order valence-electron chi connectivity index (χ3n) is 3.11. The van der Waals surface area contributed by atoms with Gasteiger partial charge in [-0.3, -0.25) is 4.99 Å². The summed E-state index contributed by atoms with van der Waals surface area (Å²) in [5.41, 5.74) is 1.50.